The van der Waals surface area contributed by atoms with Crippen molar-refractivity contribution >= 4 is 5.96 Å². The first-order chi connectivity index (χ1) is 12.6. The SMILES string of the molecule is COc1ccc(CN=C(N)NCCCOc2ccc(C)cc2)cc1OC. The highest BCUT2D eigenvalue weighted by Gasteiger charge is 2.04. The van der Waals surface area contributed by atoms with Gasteiger partial charge in [0.05, 0.1) is 27.4 Å². The van der Waals surface area contributed by atoms with Gasteiger partial charge in [-0.2, -0.15) is 0 Å². The van der Waals surface area contributed by atoms with Gasteiger partial charge in [-0.25, -0.2) is 4.99 Å². The summed E-state index contributed by atoms with van der Waals surface area (Å²) in [4.78, 5) is 4.34. The van der Waals surface area contributed by atoms with Gasteiger partial charge in [-0.3, -0.25) is 0 Å². The van der Waals surface area contributed by atoms with Gasteiger partial charge < -0.3 is 25.3 Å². The first kappa shape index (κ1) is 19.4. The third-order valence-corrected chi connectivity index (χ3v) is 3.80. The van der Waals surface area contributed by atoms with Crippen molar-refractivity contribution in [2.75, 3.05) is 27.4 Å². The maximum atomic E-state index is 5.90. The van der Waals surface area contributed by atoms with Crippen LogP contribution in [0.4, 0.5) is 0 Å². The van der Waals surface area contributed by atoms with E-state index < -0.39 is 0 Å². The zero-order valence-electron chi connectivity index (χ0n) is 15.6. The maximum absolute atomic E-state index is 5.90. The Hall–Kier alpha value is -2.89. The second-order valence-corrected chi connectivity index (χ2v) is 5.83. The molecule has 0 amide bonds. The summed E-state index contributed by atoms with van der Waals surface area (Å²) in [7, 11) is 3.22. The van der Waals surface area contributed by atoms with Crippen LogP contribution in [0.5, 0.6) is 17.2 Å². The van der Waals surface area contributed by atoms with Crippen LogP contribution in [0, 0.1) is 6.92 Å². The van der Waals surface area contributed by atoms with E-state index in [1.807, 2.05) is 42.5 Å². The number of nitrogens with two attached hydrogens (primary N) is 1. The Balaban J connectivity index is 1.70. The van der Waals surface area contributed by atoms with Crippen LogP contribution in [0.15, 0.2) is 47.5 Å². The number of aryl methyl sites for hydroxylation is 1. The molecule has 0 atom stereocenters. The van der Waals surface area contributed by atoms with Gasteiger partial charge in [0, 0.05) is 6.54 Å². The maximum Gasteiger partial charge on any atom is 0.188 e. The lowest BCUT2D eigenvalue weighted by atomic mass is 10.2. The molecule has 0 saturated heterocycles. The summed E-state index contributed by atoms with van der Waals surface area (Å²) in [6.45, 7) is 3.85. The summed E-state index contributed by atoms with van der Waals surface area (Å²) in [6, 6.07) is 13.7. The van der Waals surface area contributed by atoms with Crippen LogP contribution >= 0.6 is 0 Å². The molecular weight excluding hydrogens is 330 g/mol. The Morgan fingerprint density at radius 1 is 1.04 bits per heavy atom. The lowest BCUT2D eigenvalue weighted by molar-refractivity contribution is 0.311. The molecule has 0 aliphatic carbocycles. The smallest absolute Gasteiger partial charge is 0.188 e. The van der Waals surface area contributed by atoms with Crippen LogP contribution in [-0.2, 0) is 6.54 Å². The number of guanidine groups is 1. The molecule has 6 heteroatoms. The molecule has 0 heterocycles. The standard InChI is InChI=1S/C20H27N3O3/c1-15-5-8-17(9-6-15)26-12-4-11-22-20(21)23-14-16-7-10-18(24-2)19(13-16)25-3/h5-10,13H,4,11-12,14H2,1-3H3,(H3,21,22,23). The quantitative estimate of drug-likeness (QED) is 0.410. The zero-order chi connectivity index (χ0) is 18.8. The topological polar surface area (TPSA) is 78.1 Å². The number of hydrogen-bond donors (Lipinski definition) is 2. The predicted molar refractivity (Wildman–Crippen MR) is 104 cm³/mol. The van der Waals surface area contributed by atoms with Gasteiger partial charge in [0.15, 0.2) is 17.5 Å². The summed E-state index contributed by atoms with van der Waals surface area (Å²) >= 11 is 0. The average Bonchev–Trinajstić information content (AvgIpc) is 2.67. The minimum Gasteiger partial charge on any atom is -0.494 e. The molecule has 0 bridgehead atoms. The van der Waals surface area contributed by atoms with Crippen molar-refractivity contribution in [2.24, 2.45) is 10.7 Å². The number of nitrogens with one attached hydrogen (secondary N) is 1. The number of hydrogen-bond acceptors (Lipinski definition) is 4. The molecule has 26 heavy (non-hydrogen) atoms. The highest BCUT2D eigenvalue weighted by Crippen LogP contribution is 2.27. The number of ether oxygens (including phenoxy) is 3. The second kappa shape index (κ2) is 10.2. The van der Waals surface area contributed by atoms with Crippen molar-refractivity contribution in [3.63, 3.8) is 0 Å². The molecule has 140 valence electrons. The first-order valence-corrected chi connectivity index (χ1v) is 8.56. The largest absolute Gasteiger partial charge is 0.494 e. The Morgan fingerprint density at radius 3 is 2.46 bits per heavy atom. The van der Waals surface area contributed by atoms with Crippen LogP contribution in [0.25, 0.3) is 0 Å². The molecule has 0 spiro atoms. The third kappa shape index (κ3) is 6.20. The van der Waals surface area contributed by atoms with Gasteiger partial charge in [0.25, 0.3) is 0 Å². The fraction of sp³-hybridized carbons (Fsp3) is 0.350. The Bertz CT molecular complexity index is 715. The lowest BCUT2D eigenvalue weighted by Gasteiger charge is -2.09. The summed E-state index contributed by atoms with van der Waals surface area (Å²) < 4.78 is 16.2. The van der Waals surface area contributed by atoms with E-state index in [9.17, 15) is 0 Å². The van der Waals surface area contributed by atoms with Crippen LogP contribution in [0.2, 0.25) is 0 Å². The van der Waals surface area contributed by atoms with Gasteiger partial charge in [-0.1, -0.05) is 23.8 Å². The van der Waals surface area contributed by atoms with E-state index >= 15 is 0 Å². The highest BCUT2D eigenvalue weighted by atomic mass is 16.5. The van der Waals surface area contributed by atoms with E-state index in [1.54, 1.807) is 14.2 Å². The van der Waals surface area contributed by atoms with Crippen LogP contribution in [0.1, 0.15) is 17.5 Å². The Kier molecular flexibility index (Phi) is 7.61. The van der Waals surface area contributed by atoms with E-state index in [1.165, 1.54) is 5.56 Å². The van der Waals surface area contributed by atoms with E-state index in [-0.39, 0.29) is 0 Å². The summed E-state index contributed by atoms with van der Waals surface area (Å²) in [5, 5.41) is 3.09. The van der Waals surface area contributed by atoms with Gasteiger partial charge in [-0.15, -0.1) is 0 Å². The minimum absolute atomic E-state index is 0.412. The van der Waals surface area contributed by atoms with Crippen molar-refractivity contribution in [3.8, 4) is 17.2 Å². The molecule has 0 radical (unpaired) electrons. The molecule has 0 aliphatic rings. The van der Waals surface area contributed by atoms with Crippen molar-refractivity contribution in [1.82, 2.24) is 5.32 Å². The van der Waals surface area contributed by atoms with Gasteiger partial charge in [0.1, 0.15) is 5.75 Å². The van der Waals surface area contributed by atoms with E-state index in [2.05, 4.69) is 17.2 Å². The first-order valence-electron chi connectivity index (χ1n) is 8.56. The fourth-order valence-electron chi connectivity index (χ4n) is 2.32. The molecule has 0 unspecified atom stereocenters. The number of nitrogens with zero attached hydrogens (tertiary/aromatic N) is 1. The van der Waals surface area contributed by atoms with Crippen LogP contribution < -0.4 is 25.3 Å². The molecule has 0 aromatic heterocycles. The molecule has 2 aromatic rings. The van der Waals surface area contributed by atoms with Crippen molar-refractivity contribution < 1.29 is 14.2 Å². The lowest BCUT2D eigenvalue weighted by Crippen LogP contribution is -2.33. The third-order valence-electron chi connectivity index (χ3n) is 3.80. The normalized spacial score (nSPS) is 11.1. The molecule has 2 aromatic carbocycles. The zero-order valence-corrected chi connectivity index (χ0v) is 15.6. The Morgan fingerprint density at radius 2 is 1.77 bits per heavy atom. The molecule has 0 saturated carbocycles. The number of methoxy groups -OCH3 is 2. The van der Waals surface area contributed by atoms with Crippen LogP contribution in [-0.4, -0.2) is 33.3 Å². The van der Waals surface area contributed by atoms with Gasteiger partial charge in [-0.05, 0) is 43.2 Å². The van der Waals surface area contributed by atoms with Gasteiger partial charge >= 0.3 is 0 Å². The van der Waals surface area contributed by atoms with Crippen LogP contribution in [0.3, 0.4) is 0 Å². The fourth-order valence-corrected chi connectivity index (χ4v) is 2.32. The van der Waals surface area contributed by atoms with E-state index in [4.69, 9.17) is 19.9 Å². The van der Waals surface area contributed by atoms with E-state index in [0.717, 1.165) is 17.7 Å². The highest BCUT2D eigenvalue weighted by molar-refractivity contribution is 5.77. The number of benzene rings is 2. The number of aliphatic imine (C=N–C) groups is 1. The van der Waals surface area contributed by atoms with Crippen molar-refractivity contribution in [1.29, 1.82) is 0 Å². The number of rotatable bonds is 9. The molecule has 2 rings (SSSR count). The van der Waals surface area contributed by atoms with Crippen molar-refractivity contribution in [3.05, 3.63) is 53.6 Å². The summed E-state index contributed by atoms with van der Waals surface area (Å²) in [5.74, 6) is 2.67. The molecular formula is C20H27N3O3. The van der Waals surface area contributed by atoms with Crippen molar-refractivity contribution in [2.45, 2.75) is 19.9 Å². The monoisotopic (exact) mass is 357 g/mol. The van der Waals surface area contributed by atoms with Gasteiger partial charge in [0.2, 0.25) is 0 Å². The molecule has 6 nitrogen and oxygen atoms in total. The minimum atomic E-state index is 0.412. The summed E-state index contributed by atoms with van der Waals surface area (Å²) in [6.07, 6.45) is 0.834. The van der Waals surface area contributed by atoms with E-state index in [0.29, 0.717) is 37.2 Å². The molecule has 0 fully saturated rings. The summed E-state index contributed by atoms with van der Waals surface area (Å²) in [5.41, 5.74) is 8.12. The average molecular weight is 357 g/mol. The predicted octanol–water partition coefficient (Wildman–Crippen LogP) is 2.89. The molecule has 3 N–H and O–H groups in total. The molecule has 0 aliphatic heterocycles. The second-order valence-electron chi connectivity index (χ2n) is 5.83. The Labute approximate surface area is 155 Å².